The topological polar surface area (TPSA) is 78.5 Å². The van der Waals surface area contributed by atoms with Gasteiger partial charge >= 0.3 is 0 Å². The molecule has 1 aliphatic rings. The molecule has 1 heterocycles. The van der Waals surface area contributed by atoms with Gasteiger partial charge in [0.1, 0.15) is 0 Å². The number of hydrogen-bond acceptors (Lipinski definition) is 4. The molecule has 0 aliphatic carbocycles. The number of hydrogen-bond donors (Lipinski definition) is 2. The Morgan fingerprint density at radius 2 is 1.83 bits per heavy atom. The number of likely N-dealkylation sites (N-methyl/N-ethyl adjacent to an activating group) is 1. The molecular formula is C16H26ClN3O3S. The lowest BCUT2D eigenvalue weighted by molar-refractivity contribution is -0.128. The molecule has 1 amide bonds. The smallest absolute Gasteiger partial charge is 0.240 e. The Morgan fingerprint density at radius 1 is 1.17 bits per heavy atom. The molecule has 0 spiro atoms. The Balaban J connectivity index is 0.00000288. The van der Waals surface area contributed by atoms with Gasteiger partial charge in [-0.3, -0.25) is 4.79 Å². The van der Waals surface area contributed by atoms with E-state index in [-0.39, 0.29) is 18.3 Å². The highest BCUT2D eigenvalue weighted by Crippen LogP contribution is 2.20. The zero-order valence-electron chi connectivity index (χ0n) is 14.2. The van der Waals surface area contributed by atoms with Crippen molar-refractivity contribution < 1.29 is 13.2 Å². The van der Waals surface area contributed by atoms with Gasteiger partial charge < -0.3 is 10.2 Å². The first kappa shape index (κ1) is 20.9. The normalized spacial score (nSPS) is 14.5. The molecule has 24 heavy (non-hydrogen) atoms. The number of carbonyl (C=O) groups excluding carboxylic acids is 1. The molecule has 6 nitrogen and oxygen atoms in total. The van der Waals surface area contributed by atoms with E-state index >= 15 is 0 Å². The van der Waals surface area contributed by atoms with Crippen LogP contribution in [-0.4, -0.2) is 51.9 Å². The number of nitrogens with one attached hydrogen (secondary N) is 2. The summed E-state index contributed by atoms with van der Waals surface area (Å²) in [6.07, 6.45) is 1.46. The number of rotatable bonds is 6. The second-order valence-corrected chi connectivity index (χ2v) is 7.45. The van der Waals surface area contributed by atoms with E-state index in [0.29, 0.717) is 37.5 Å². The lowest BCUT2D eigenvalue weighted by Crippen LogP contribution is -2.31. The number of sulfonamides is 1. The van der Waals surface area contributed by atoms with Gasteiger partial charge in [-0.15, -0.1) is 12.4 Å². The van der Waals surface area contributed by atoms with Crippen LogP contribution in [0.2, 0.25) is 0 Å². The van der Waals surface area contributed by atoms with Crippen LogP contribution in [0.15, 0.2) is 23.1 Å². The molecule has 2 rings (SSSR count). The molecule has 0 saturated heterocycles. The third-order valence-corrected chi connectivity index (χ3v) is 5.54. The maximum absolute atomic E-state index is 12.3. The van der Waals surface area contributed by atoms with Crippen LogP contribution in [-0.2, 0) is 27.7 Å². The first-order chi connectivity index (χ1) is 10.9. The maximum Gasteiger partial charge on any atom is 0.240 e. The summed E-state index contributed by atoms with van der Waals surface area (Å²) < 4.78 is 27.3. The molecular weight excluding hydrogens is 350 g/mol. The van der Waals surface area contributed by atoms with Crippen LogP contribution in [0.25, 0.3) is 0 Å². The van der Waals surface area contributed by atoms with Crippen LogP contribution < -0.4 is 10.0 Å². The van der Waals surface area contributed by atoms with Crippen molar-refractivity contribution in [2.45, 2.75) is 31.6 Å². The number of carbonyl (C=O) groups is 1. The average molecular weight is 376 g/mol. The predicted octanol–water partition coefficient (Wildman–Crippen LogP) is 0.943. The van der Waals surface area contributed by atoms with Crippen LogP contribution in [0.4, 0.5) is 0 Å². The van der Waals surface area contributed by atoms with Crippen molar-refractivity contribution in [3.63, 3.8) is 0 Å². The highest BCUT2D eigenvalue weighted by molar-refractivity contribution is 7.89. The maximum atomic E-state index is 12.3. The number of nitrogens with zero attached hydrogens (tertiary/aromatic N) is 1. The third kappa shape index (κ3) is 5.44. The molecule has 0 fully saturated rings. The van der Waals surface area contributed by atoms with E-state index in [0.717, 1.165) is 24.1 Å². The summed E-state index contributed by atoms with van der Waals surface area (Å²) in [5.41, 5.74) is 2.14. The molecule has 1 aliphatic heterocycles. The molecule has 0 saturated carbocycles. The molecule has 0 bridgehead atoms. The number of fused-ring (bicyclic) bond motifs is 1. The van der Waals surface area contributed by atoms with Crippen molar-refractivity contribution in [2.24, 2.45) is 0 Å². The minimum Gasteiger partial charge on any atom is -0.342 e. The fourth-order valence-corrected chi connectivity index (χ4v) is 3.80. The Hall–Kier alpha value is -1.15. The number of benzene rings is 1. The zero-order valence-corrected chi connectivity index (χ0v) is 15.8. The van der Waals surface area contributed by atoms with Gasteiger partial charge in [0, 0.05) is 33.1 Å². The number of halogens is 1. The minimum atomic E-state index is -3.49. The van der Waals surface area contributed by atoms with Crippen LogP contribution >= 0.6 is 12.4 Å². The van der Waals surface area contributed by atoms with Gasteiger partial charge in [-0.25, -0.2) is 13.1 Å². The van der Waals surface area contributed by atoms with Crippen molar-refractivity contribution in [2.75, 3.05) is 32.7 Å². The Bertz CT molecular complexity index is 665. The van der Waals surface area contributed by atoms with Crippen molar-refractivity contribution in [1.82, 2.24) is 14.9 Å². The lowest BCUT2D eigenvalue weighted by Gasteiger charge is -2.17. The first-order valence-electron chi connectivity index (χ1n) is 8.01. The van der Waals surface area contributed by atoms with Gasteiger partial charge in [-0.1, -0.05) is 13.0 Å². The predicted molar refractivity (Wildman–Crippen MR) is 97.1 cm³/mol. The zero-order chi connectivity index (χ0) is 16.9. The van der Waals surface area contributed by atoms with E-state index in [9.17, 15) is 13.2 Å². The molecule has 0 atom stereocenters. The van der Waals surface area contributed by atoms with Crippen molar-refractivity contribution in [3.8, 4) is 0 Å². The van der Waals surface area contributed by atoms with E-state index in [1.807, 2.05) is 17.9 Å². The number of amides is 1. The summed E-state index contributed by atoms with van der Waals surface area (Å²) in [4.78, 5) is 13.6. The van der Waals surface area contributed by atoms with Crippen molar-refractivity contribution in [1.29, 1.82) is 0 Å². The molecule has 1 aromatic carbocycles. The van der Waals surface area contributed by atoms with Gasteiger partial charge in [0.25, 0.3) is 0 Å². The monoisotopic (exact) mass is 375 g/mol. The van der Waals surface area contributed by atoms with Crippen molar-refractivity contribution in [3.05, 3.63) is 29.3 Å². The lowest BCUT2D eigenvalue weighted by atomic mass is 10.0. The van der Waals surface area contributed by atoms with Crippen molar-refractivity contribution >= 4 is 28.3 Å². The molecule has 136 valence electrons. The standard InChI is InChI=1S/C16H25N3O3S.ClH/c1-3-17-8-9-18-23(21,22)16-5-4-14-6-10-19(13(2)20)11-7-15(14)12-16;/h4-5,12,17-18H,3,6-11H2,1-2H3;1H. The minimum absolute atomic E-state index is 0. The fourth-order valence-electron chi connectivity index (χ4n) is 2.72. The van der Waals surface area contributed by atoms with Crippen LogP contribution in [0.5, 0.6) is 0 Å². The van der Waals surface area contributed by atoms with Gasteiger partial charge in [0.15, 0.2) is 0 Å². The molecule has 0 radical (unpaired) electrons. The first-order valence-corrected chi connectivity index (χ1v) is 9.50. The molecule has 0 unspecified atom stereocenters. The van der Waals surface area contributed by atoms with E-state index in [2.05, 4.69) is 10.0 Å². The summed E-state index contributed by atoms with van der Waals surface area (Å²) in [5.74, 6) is 0.0655. The Kier molecular flexibility index (Phi) is 8.15. The summed E-state index contributed by atoms with van der Waals surface area (Å²) in [7, 11) is -3.49. The van der Waals surface area contributed by atoms with E-state index < -0.39 is 10.0 Å². The van der Waals surface area contributed by atoms with Crippen LogP contribution in [0.1, 0.15) is 25.0 Å². The molecule has 2 N–H and O–H groups in total. The van der Waals surface area contributed by atoms with Gasteiger partial charge in [0.2, 0.25) is 15.9 Å². The highest BCUT2D eigenvalue weighted by Gasteiger charge is 2.19. The van der Waals surface area contributed by atoms with Gasteiger partial charge in [-0.05, 0) is 42.6 Å². The molecule has 8 heteroatoms. The average Bonchev–Trinajstić information content (AvgIpc) is 2.73. The van der Waals surface area contributed by atoms with E-state index in [4.69, 9.17) is 0 Å². The molecule has 0 aromatic heterocycles. The largest absolute Gasteiger partial charge is 0.342 e. The SMILES string of the molecule is CCNCCNS(=O)(=O)c1ccc2c(c1)CCN(C(C)=O)CC2.Cl. The fraction of sp³-hybridized carbons (Fsp3) is 0.562. The summed E-state index contributed by atoms with van der Waals surface area (Å²) in [6, 6.07) is 5.27. The van der Waals surface area contributed by atoms with Crippen LogP contribution in [0.3, 0.4) is 0 Å². The summed E-state index contributed by atoms with van der Waals surface area (Å²) >= 11 is 0. The van der Waals surface area contributed by atoms with Crippen LogP contribution in [0, 0.1) is 0 Å². The second-order valence-electron chi connectivity index (χ2n) is 5.69. The highest BCUT2D eigenvalue weighted by atomic mass is 35.5. The summed E-state index contributed by atoms with van der Waals surface area (Å²) in [6.45, 7) is 6.66. The molecule has 1 aromatic rings. The second kappa shape index (κ2) is 9.36. The quantitative estimate of drug-likeness (QED) is 0.725. The Morgan fingerprint density at radius 3 is 2.46 bits per heavy atom. The van der Waals surface area contributed by atoms with Gasteiger partial charge in [-0.2, -0.15) is 0 Å². The van der Waals surface area contributed by atoms with E-state index in [1.165, 1.54) is 0 Å². The third-order valence-electron chi connectivity index (χ3n) is 4.08. The van der Waals surface area contributed by atoms with Gasteiger partial charge in [0.05, 0.1) is 4.90 Å². The van der Waals surface area contributed by atoms with E-state index in [1.54, 1.807) is 19.1 Å². The Labute approximate surface area is 150 Å². The summed E-state index contributed by atoms with van der Waals surface area (Å²) in [5, 5.41) is 3.08.